The first kappa shape index (κ1) is 52.0. The Morgan fingerprint density at radius 1 is 0.329 bits per heavy atom. The third-order valence-electron chi connectivity index (χ3n) is 15.1. The number of benzene rings is 10. The van der Waals surface area contributed by atoms with Crippen molar-refractivity contribution < 1.29 is 0 Å². The Labute approximate surface area is 456 Å². The van der Waals surface area contributed by atoms with Crippen molar-refractivity contribution in [1.82, 2.24) is 0 Å². The van der Waals surface area contributed by atoms with Crippen molar-refractivity contribution in [3.8, 4) is 22.3 Å². The highest BCUT2D eigenvalue weighted by atomic mass is 28.3. The molecule has 0 unspecified atom stereocenters. The largest absolute Gasteiger partial charge is 0.311 e. The Morgan fingerprint density at radius 3 is 1.26 bits per heavy atom. The van der Waals surface area contributed by atoms with E-state index in [2.05, 4.69) is 321 Å². The van der Waals surface area contributed by atoms with Crippen molar-refractivity contribution in [3.05, 3.63) is 241 Å². The molecule has 0 fully saturated rings. The van der Waals surface area contributed by atoms with Gasteiger partial charge in [-0.1, -0.05) is 255 Å². The van der Waals surface area contributed by atoms with Gasteiger partial charge in [0.15, 0.2) is 0 Å². The molecular formula is C72H74N2Si2. The van der Waals surface area contributed by atoms with Gasteiger partial charge < -0.3 is 9.80 Å². The number of hydrogen-bond donors (Lipinski definition) is 0. The fourth-order valence-electron chi connectivity index (χ4n) is 10.5. The third kappa shape index (κ3) is 10.9. The zero-order valence-corrected chi connectivity index (χ0v) is 48.8. The van der Waals surface area contributed by atoms with Crippen LogP contribution in [0.3, 0.4) is 0 Å². The van der Waals surface area contributed by atoms with Gasteiger partial charge in [0, 0.05) is 33.8 Å². The van der Waals surface area contributed by atoms with Gasteiger partial charge in [-0.05, 0) is 138 Å². The summed E-state index contributed by atoms with van der Waals surface area (Å²) < 4.78 is 0. The normalized spacial score (nSPS) is 12.4. The summed E-state index contributed by atoms with van der Waals surface area (Å²) in [6.07, 6.45) is 4.52. The van der Waals surface area contributed by atoms with Crippen LogP contribution in [0.5, 0.6) is 0 Å². The molecule has 0 N–H and O–H groups in total. The minimum atomic E-state index is -1.60. The van der Waals surface area contributed by atoms with Crippen LogP contribution in [0.4, 0.5) is 34.1 Å². The summed E-state index contributed by atoms with van der Waals surface area (Å²) in [7, 11) is -3.13. The molecule has 0 atom stereocenters. The van der Waals surface area contributed by atoms with E-state index in [9.17, 15) is 0 Å². The lowest BCUT2D eigenvalue weighted by Gasteiger charge is -2.30. The Balaban J connectivity index is 0.954. The SMILES string of the molecule is CC(C)(C)c1cccc(N(c2ccc(-c3ccc(/C=C/c4ccc(-c5ccc(N(c6cccc(C(C)(C)C)c6)c6cccc([Si](C)(C)C)c6)c6ccccc56)c5ccccc45)cc3)cc2)c2cccc([Si](C)(C)C)c2)c1. The molecule has 0 amide bonds. The van der Waals surface area contributed by atoms with E-state index in [1.54, 1.807) is 0 Å². The molecule has 76 heavy (non-hydrogen) atoms. The summed E-state index contributed by atoms with van der Waals surface area (Å²) in [4.78, 5) is 4.90. The van der Waals surface area contributed by atoms with Crippen LogP contribution in [0.1, 0.15) is 63.8 Å². The van der Waals surface area contributed by atoms with Crippen molar-refractivity contribution >= 4 is 94.3 Å². The third-order valence-corrected chi connectivity index (χ3v) is 19.2. The van der Waals surface area contributed by atoms with Gasteiger partial charge in [-0.15, -0.1) is 0 Å². The molecule has 2 nitrogen and oxygen atoms in total. The molecule has 0 heterocycles. The highest BCUT2D eigenvalue weighted by Crippen LogP contribution is 2.45. The standard InChI is InChI=1S/C72H74N2Si2/c1-71(2,3)55-21-17-23-58(47-55)73(60-25-19-27-62(49-60)75(7,8)9)57-42-39-53(40-43-57)52-36-33-51(34-37-52)35-38-54-41-44-67(65-30-14-13-29-64(54)65)68-45-46-70(69-32-16-15-31-66(68)69)74(59-24-18-22-56(48-59)72(4,5)6)61-26-20-28-63(50-61)76(10,11)12/h13-50H,1-12H3/b38-35+. The van der Waals surface area contributed by atoms with Crippen molar-refractivity contribution in [2.24, 2.45) is 0 Å². The fourth-order valence-corrected chi connectivity index (χ4v) is 12.9. The van der Waals surface area contributed by atoms with Crippen LogP contribution in [0.25, 0.3) is 56.0 Å². The number of fused-ring (bicyclic) bond motifs is 2. The van der Waals surface area contributed by atoms with E-state index in [0.717, 1.165) is 11.3 Å². The molecule has 380 valence electrons. The molecule has 0 aliphatic carbocycles. The molecule has 0 aliphatic rings. The van der Waals surface area contributed by atoms with Crippen LogP contribution < -0.4 is 20.2 Å². The monoisotopic (exact) mass is 1020 g/mol. The molecular weight excluding hydrogens is 949 g/mol. The van der Waals surface area contributed by atoms with E-state index in [1.807, 2.05) is 0 Å². The molecule has 0 aliphatic heterocycles. The van der Waals surface area contributed by atoms with Gasteiger partial charge in [0.2, 0.25) is 0 Å². The molecule has 10 aromatic carbocycles. The average Bonchev–Trinajstić information content (AvgIpc) is 3.42. The van der Waals surface area contributed by atoms with Crippen LogP contribution in [0.15, 0.2) is 218 Å². The van der Waals surface area contributed by atoms with Crippen LogP contribution in [0, 0.1) is 0 Å². The Bertz CT molecular complexity index is 3630. The minimum Gasteiger partial charge on any atom is -0.311 e. The predicted molar refractivity (Wildman–Crippen MR) is 340 cm³/mol. The van der Waals surface area contributed by atoms with Gasteiger partial charge in [0.1, 0.15) is 0 Å². The lowest BCUT2D eigenvalue weighted by molar-refractivity contribution is 0.590. The van der Waals surface area contributed by atoms with Crippen LogP contribution in [-0.4, -0.2) is 16.1 Å². The van der Waals surface area contributed by atoms with Gasteiger partial charge in [-0.2, -0.15) is 0 Å². The van der Waals surface area contributed by atoms with E-state index in [0.29, 0.717) is 0 Å². The molecule has 10 aromatic rings. The molecule has 0 aromatic heterocycles. The predicted octanol–water partition coefficient (Wildman–Crippen LogP) is 20.1. The van der Waals surface area contributed by atoms with E-state index >= 15 is 0 Å². The number of anilines is 6. The topological polar surface area (TPSA) is 6.48 Å². The van der Waals surface area contributed by atoms with Gasteiger partial charge in [-0.3, -0.25) is 0 Å². The summed E-state index contributed by atoms with van der Waals surface area (Å²) in [5.41, 5.74) is 17.0. The summed E-state index contributed by atoms with van der Waals surface area (Å²) in [6, 6.07) is 81.8. The van der Waals surface area contributed by atoms with Gasteiger partial charge in [0.05, 0.1) is 21.8 Å². The Hall–Kier alpha value is -7.51. The lowest BCUT2D eigenvalue weighted by atomic mass is 9.86. The van der Waals surface area contributed by atoms with Crippen LogP contribution in [-0.2, 0) is 10.8 Å². The first-order valence-corrected chi connectivity index (χ1v) is 34.2. The van der Waals surface area contributed by atoms with E-state index in [-0.39, 0.29) is 10.8 Å². The van der Waals surface area contributed by atoms with E-state index in [1.165, 1.54) is 99.3 Å². The Morgan fingerprint density at radius 2 is 0.750 bits per heavy atom. The summed E-state index contributed by atoms with van der Waals surface area (Å²) >= 11 is 0. The molecule has 0 bridgehead atoms. The maximum atomic E-state index is 2.48. The quantitative estimate of drug-likeness (QED) is 0.0889. The smallest absolute Gasteiger partial charge is 0.0776 e. The van der Waals surface area contributed by atoms with Crippen LogP contribution in [0.2, 0.25) is 39.3 Å². The van der Waals surface area contributed by atoms with Crippen molar-refractivity contribution in [2.75, 3.05) is 9.80 Å². The van der Waals surface area contributed by atoms with Gasteiger partial charge in [0.25, 0.3) is 0 Å². The molecule has 0 saturated carbocycles. The molecule has 4 heteroatoms. The second-order valence-corrected chi connectivity index (χ2v) is 35.0. The average molecular weight is 1020 g/mol. The zero-order chi connectivity index (χ0) is 53.6. The van der Waals surface area contributed by atoms with Crippen molar-refractivity contribution in [3.63, 3.8) is 0 Å². The van der Waals surface area contributed by atoms with E-state index in [4.69, 9.17) is 0 Å². The molecule has 0 spiro atoms. The highest BCUT2D eigenvalue weighted by molar-refractivity contribution is 6.89. The molecule has 0 radical (unpaired) electrons. The Kier molecular flexibility index (Phi) is 14.1. The second-order valence-electron chi connectivity index (χ2n) is 24.8. The summed E-state index contributed by atoms with van der Waals surface area (Å²) in [5, 5.41) is 7.83. The first-order chi connectivity index (χ1) is 36.2. The molecule has 10 rings (SSSR count). The minimum absolute atomic E-state index is 0.0147. The van der Waals surface area contributed by atoms with Crippen LogP contribution >= 0.6 is 0 Å². The molecule has 0 saturated heterocycles. The maximum absolute atomic E-state index is 2.48. The maximum Gasteiger partial charge on any atom is 0.0776 e. The van der Waals surface area contributed by atoms with E-state index < -0.39 is 16.1 Å². The van der Waals surface area contributed by atoms with Crippen molar-refractivity contribution in [2.45, 2.75) is 91.7 Å². The lowest BCUT2D eigenvalue weighted by Crippen LogP contribution is -2.37. The summed E-state index contributed by atoms with van der Waals surface area (Å²) in [5.74, 6) is 0. The first-order valence-electron chi connectivity index (χ1n) is 27.2. The summed E-state index contributed by atoms with van der Waals surface area (Å²) in [6.45, 7) is 28.3. The number of rotatable bonds is 12. The van der Waals surface area contributed by atoms with Gasteiger partial charge in [-0.25, -0.2) is 0 Å². The second kappa shape index (κ2) is 20.6. The highest BCUT2D eigenvalue weighted by Gasteiger charge is 2.25. The van der Waals surface area contributed by atoms with Crippen molar-refractivity contribution in [1.29, 1.82) is 0 Å². The fraction of sp³-hybridized carbons (Fsp3) is 0.194. The number of nitrogens with zero attached hydrogens (tertiary/aromatic N) is 2. The van der Waals surface area contributed by atoms with Gasteiger partial charge >= 0.3 is 0 Å². The number of hydrogen-bond acceptors (Lipinski definition) is 2. The zero-order valence-electron chi connectivity index (χ0n) is 46.8.